The highest BCUT2D eigenvalue weighted by Crippen LogP contribution is 2.27. The molecular weight excluding hydrogens is 260 g/mol. The van der Waals surface area contributed by atoms with Gasteiger partial charge in [-0.05, 0) is 25.5 Å². The van der Waals surface area contributed by atoms with E-state index >= 15 is 0 Å². The molecule has 0 aliphatic carbocycles. The Morgan fingerprint density at radius 2 is 1.67 bits per heavy atom. The molecule has 2 N–H and O–H groups in total. The molecule has 2 rings (SSSR count). The summed E-state index contributed by atoms with van der Waals surface area (Å²) in [6.07, 6.45) is 0.474. The molecule has 0 unspecified atom stereocenters. The molecule has 0 radical (unpaired) electrons. The third-order valence-corrected chi connectivity index (χ3v) is 3.13. The Balaban J connectivity index is 2.00. The molecule has 0 atom stereocenters. The summed E-state index contributed by atoms with van der Waals surface area (Å²) < 4.78 is 0. The van der Waals surface area contributed by atoms with Crippen LogP contribution in [0.3, 0.4) is 0 Å². The first-order chi connectivity index (χ1) is 10.2. The maximum absolute atomic E-state index is 11.6. The number of hydrogen-bond acceptors (Lipinski definition) is 2. The summed E-state index contributed by atoms with van der Waals surface area (Å²) in [6, 6.07) is 18.6. The summed E-state index contributed by atoms with van der Waals surface area (Å²) in [5.41, 5.74) is 3.38. The monoisotopic (exact) mass is 282 g/mol. The first-order valence-electron chi connectivity index (χ1n) is 7.34. The van der Waals surface area contributed by atoms with Crippen LogP contribution in [0.2, 0.25) is 0 Å². The van der Waals surface area contributed by atoms with Crippen molar-refractivity contribution in [2.45, 2.75) is 26.3 Å². The van der Waals surface area contributed by atoms with Gasteiger partial charge in [0.1, 0.15) is 0 Å². The number of nitrogens with one attached hydrogen (secondary N) is 2. The molecule has 1 amide bonds. The first-order valence-corrected chi connectivity index (χ1v) is 7.34. The Kier molecular flexibility index (Phi) is 5.38. The summed E-state index contributed by atoms with van der Waals surface area (Å²) in [7, 11) is 0. The summed E-state index contributed by atoms with van der Waals surface area (Å²) in [5.74, 6) is 0.0784. The highest BCUT2D eigenvalue weighted by Gasteiger charge is 2.06. The van der Waals surface area contributed by atoms with Gasteiger partial charge in [0, 0.05) is 30.3 Å². The van der Waals surface area contributed by atoms with Crippen molar-refractivity contribution in [3.8, 4) is 11.1 Å². The van der Waals surface area contributed by atoms with Crippen LogP contribution in [-0.2, 0) is 4.79 Å². The van der Waals surface area contributed by atoms with E-state index in [1.165, 1.54) is 5.56 Å². The van der Waals surface area contributed by atoms with E-state index in [2.05, 4.69) is 28.8 Å². The number of amides is 1. The molecule has 0 bridgehead atoms. The van der Waals surface area contributed by atoms with E-state index in [0.717, 1.165) is 11.3 Å². The van der Waals surface area contributed by atoms with Crippen molar-refractivity contribution in [3.05, 3.63) is 54.6 Å². The minimum absolute atomic E-state index is 0.0784. The van der Waals surface area contributed by atoms with Gasteiger partial charge < -0.3 is 10.6 Å². The number of para-hydroxylation sites is 1. The van der Waals surface area contributed by atoms with Gasteiger partial charge in [0.25, 0.3) is 0 Å². The van der Waals surface area contributed by atoms with E-state index in [4.69, 9.17) is 0 Å². The van der Waals surface area contributed by atoms with E-state index in [0.29, 0.717) is 13.0 Å². The second-order valence-corrected chi connectivity index (χ2v) is 5.31. The topological polar surface area (TPSA) is 41.1 Å². The van der Waals surface area contributed by atoms with E-state index in [9.17, 15) is 4.79 Å². The fourth-order valence-corrected chi connectivity index (χ4v) is 2.21. The standard InChI is InChI=1S/C18H22N2O/c1-14(2)20-18(21)12-13-19-17-11-7-6-10-16(17)15-8-4-3-5-9-15/h3-11,14,19H,12-13H2,1-2H3,(H,20,21). The Morgan fingerprint density at radius 3 is 2.38 bits per heavy atom. The Bertz CT molecular complexity index is 579. The molecule has 0 spiro atoms. The second-order valence-electron chi connectivity index (χ2n) is 5.31. The van der Waals surface area contributed by atoms with Crippen molar-refractivity contribution < 1.29 is 4.79 Å². The van der Waals surface area contributed by atoms with Crippen LogP contribution in [0, 0.1) is 0 Å². The fourth-order valence-electron chi connectivity index (χ4n) is 2.21. The van der Waals surface area contributed by atoms with Crippen molar-refractivity contribution in [2.75, 3.05) is 11.9 Å². The van der Waals surface area contributed by atoms with Crippen LogP contribution in [-0.4, -0.2) is 18.5 Å². The van der Waals surface area contributed by atoms with E-state index in [1.54, 1.807) is 0 Å². The minimum Gasteiger partial charge on any atom is -0.384 e. The maximum Gasteiger partial charge on any atom is 0.221 e. The number of carbonyl (C=O) groups is 1. The van der Waals surface area contributed by atoms with E-state index < -0.39 is 0 Å². The SMILES string of the molecule is CC(C)NC(=O)CCNc1ccccc1-c1ccccc1. The molecule has 0 saturated heterocycles. The van der Waals surface area contributed by atoms with E-state index in [-0.39, 0.29) is 11.9 Å². The van der Waals surface area contributed by atoms with Crippen LogP contribution in [0.25, 0.3) is 11.1 Å². The molecule has 21 heavy (non-hydrogen) atoms. The van der Waals surface area contributed by atoms with Gasteiger partial charge in [-0.15, -0.1) is 0 Å². The third kappa shape index (κ3) is 4.63. The number of anilines is 1. The average molecular weight is 282 g/mol. The molecule has 0 aromatic heterocycles. The van der Waals surface area contributed by atoms with Crippen LogP contribution in [0.5, 0.6) is 0 Å². The number of hydrogen-bond donors (Lipinski definition) is 2. The van der Waals surface area contributed by atoms with Crippen molar-refractivity contribution in [3.63, 3.8) is 0 Å². The van der Waals surface area contributed by atoms with Crippen molar-refractivity contribution in [2.24, 2.45) is 0 Å². The zero-order valence-corrected chi connectivity index (χ0v) is 12.6. The first kappa shape index (κ1) is 15.1. The fraction of sp³-hybridized carbons (Fsp3) is 0.278. The Morgan fingerprint density at radius 1 is 1.00 bits per heavy atom. The molecular formula is C18H22N2O. The van der Waals surface area contributed by atoms with Crippen LogP contribution >= 0.6 is 0 Å². The Labute approximate surface area is 126 Å². The minimum atomic E-state index is 0.0784. The highest BCUT2D eigenvalue weighted by molar-refractivity contribution is 5.79. The number of rotatable bonds is 6. The van der Waals surface area contributed by atoms with Gasteiger partial charge in [0.2, 0.25) is 5.91 Å². The largest absolute Gasteiger partial charge is 0.384 e. The molecule has 110 valence electrons. The molecule has 2 aromatic rings. The highest BCUT2D eigenvalue weighted by atomic mass is 16.1. The molecule has 2 aromatic carbocycles. The molecule has 0 aliphatic rings. The van der Waals surface area contributed by atoms with Gasteiger partial charge in [0.05, 0.1) is 0 Å². The lowest BCUT2D eigenvalue weighted by Gasteiger charge is -2.13. The normalized spacial score (nSPS) is 10.4. The van der Waals surface area contributed by atoms with Gasteiger partial charge in [-0.2, -0.15) is 0 Å². The van der Waals surface area contributed by atoms with Crippen LogP contribution < -0.4 is 10.6 Å². The average Bonchev–Trinajstić information content (AvgIpc) is 2.48. The molecule has 0 heterocycles. The number of benzene rings is 2. The Hall–Kier alpha value is -2.29. The molecule has 0 aliphatic heterocycles. The van der Waals surface area contributed by atoms with Crippen molar-refractivity contribution >= 4 is 11.6 Å². The smallest absolute Gasteiger partial charge is 0.221 e. The lowest BCUT2D eigenvalue weighted by atomic mass is 10.0. The third-order valence-electron chi connectivity index (χ3n) is 3.13. The summed E-state index contributed by atoms with van der Waals surface area (Å²) >= 11 is 0. The molecule has 3 nitrogen and oxygen atoms in total. The lowest BCUT2D eigenvalue weighted by molar-refractivity contribution is -0.121. The summed E-state index contributed by atoms with van der Waals surface area (Å²) in [6.45, 7) is 4.56. The van der Waals surface area contributed by atoms with Crippen LogP contribution in [0.15, 0.2) is 54.6 Å². The maximum atomic E-state index is 11.6. The van der Waals surface area contributed by atoms with Gasteiger partial charge in [-0.3, -0.25) is 4.79 Å². The predicted octanol–water partition coefficient (Wildman–Crippen LogP) is 3.68. The van der Waals surface area contributed by atoms with Gasteiger partial charge in [0.15, 0.2) is 0 Å². The summed E-state index contributed by atoms with van der Waals surface area (Å²) in [5, 5.41) is 6.25. The number of carbonyl (C=O) groups excluding carboxylic acids is 1. The van der Waals surface area contributed by atoms with Crippen LogP contribution in [0.1, 0.15) is 20.3 Å². The van der Waals surface area contributed by atoms with E-state index in [1.807, 2.05) is 50.2 Å². The quantitative estimate of drug-likeness (QED) is 0.848. The van der Waals surface area contributed by atoms with Crippen molar-refractivity contribution in [1.29, 1.82) is 0 Å². The van der Waals surface area contributed by atoms with Crippen molar-refractivity contribution in [1.82, 2.24) is 5.32 Å². The van der Waals surface area contributed by atoms with Gasteiger partial charge in [-0.1, -0.05) is 48.5 Å². The van der Waals surface area contributed by atoms with Gasteiger partial charge >= 0.3 is 0 Å². The van der Waals surface area contributed by atoms with Crippen LogP contribution in [0.4, 0.5) is 5.69 Å². The second kappa shape index (κ2) is 7.48. The molecule has 0 fully saturated rings. The predicted molar refractivity (Wildman–Crippen MR) is 88.3 cm³/mol. The van der Waals surface area contributed by atoms with Gasteiger partial charge in [-0.25, -0.2) is 0 Å². The zero-order valence-electron chi connectivity index (χ0n) is 12.6. The molecule has 3 heteroatoms. The lowest BCUT2D eigenvalue weighted by Crippen LogP contribution is -2.31. The summed E-state index contributed by atoms with van der Waals surface area (Å²) in [4.78, 5) is 11.6. The zero-order chi connectivity index (χ0) is 15.1. The molecule has 0 saturated carbocycles.